The largest absolute Gasteiger partial charge is 0.372 e. The van der Waals surface area contributed by atoms with E-state index in [9.17, 15) is 0 Å². The Morgan fingerprint density at radius 3 is 2.41 bits per heavy atom. The molecule has 3 saturated carbocycles. The van der Waals surface area contributed by atoms with Gasteiger partial charge in [-0.05, 0) is 77.0 Å². The van der Waals surface area contributed by atoms with Crippen LogP contribution < -0.4 is 16.0 Å². The van der Waals surface area contributed by atoms with E-state index in [0.29, 0.717) is 36.2 Å². The van der Waals surface area contributed by atoms with Crippen molar-refractivity contribution in [2.24, 2.45) is 11.8 Å². The number of rotatable bonds is 3. The number of hydrogen-bond acceptors (Lipinski definition) is 5. The number of hydrogen-bond donors (Lipinski definition) is 3. The van der Waals surface area contributed by atoms with Crippen LogP contribution in [0.15, 0.2) is 0 Å². The summed E-state index contributed by atoms with van der Waals surface area (Å²) < 4.78 is 13.1. The molecule has 6 rings (SSSR count). The summed E-state index contributed by atoms with van der Waals surface area (Å²) in [6, 6.07) is 3.03. The van der Waals surface area contributed by atoms with Crippen molar-refractivity contribution < 1.29 is 9.47 Å². The standard InChI is InChI=1S/C22H37N3O2/c1-13-21(5-6-21)27-20(11-23-13)16-9-22(10-16)14(2)24-18(12-26-22)8-17-7-15-3-4-19(15)25-17/h13-20,23-25H,3-12H2,1-2H3. The van der Waals surface area contributed by atoms with E-state index in [1.807, 2.05) is 0 Å². The molecule has 0 aromatic carbocycles. The van der Waals surface area contributed by atoms with Crippen molar-refractivity contribution in [2.45, 2.75) is 113 Å². The summed E-state index contributed by atoms with van der Waals surface area (Å²) in [7, 11) is 0. The average Bonchev–Trinajstić information content (AvgIpc) is 3.32. The Labute approximate surface area is 163 Å². The third-order valence-electron chi connectivity index (χ3n) is 9.15. The quantitative estimate of drug-likeness (QED) is 0.704. The molecular formula is C22H37N3O2. The van der Waals surface area contributed by atoms with Crippen LogP contribution in [-0.2, 0) is 9.47 Å². The van der Waals surface area contributed by atoms with Crippen LogP contribution in [0.25, 0.3) is 0 Å². The van der Waals surface area contributed by atoms with Gasteiger partial charge in [-0.1, -0.05) is 0 Å². The summed E-state index contributed by atoms with van der Waals surface area (Å²) in [5.74, 6) is 1.63. The lowest BCUT2D eigenvalue weighted by Crippen LogP contribution is -2.69. The van der Waals surface area contributed by atoms with Gasteiger partial charge < -0.3 is 25.4 Å². The Bertz CT molecular complexity index is 576. The molecule has 5 nitrogen and oxygen atoms in total. The Morgan fingerprint density at radius 2 is 1.78 bits per heavy atom. The molecule has 0 aromatic heterocycles. The fourth-order valence-electron chi connectivity index (χ4n) is 6.82. The van der Waals surface area contributed by atoms with Crippen LogP contribution in [0.5, 0.6) is 0 Å². The van der Waals surface area contributed by atoms with Gasteiger partial charge in [-0.15, -0.1) is 0 Å². The van der Waals surface area contributed by atoms with Crippen LogP contribution in [0.3, 0.4) is 0 Å². The maximum absolute atomic E-state index is 6.56. The first-order chi connectivity index (χ1) is 13.1. The summed E-state index contributed by atoms with van der Waals surface area (Å²) in [4.78, 5) is 0. The molecular weight excluding hydrogens is 338 g/mol. The molecule has 27 heavy (non-hydrogen) atoms. The van der Waals surface area contributed by atoms with E-state index in [1.165, 1.54) is 38.5 Å². The molecule has 3 heterocycles. The van der Waals surface area contributed by atoms with Crippen LogP contribution in [0.2, 0.25) is 0 Å². The predicted octanol–water partition coefficient (Wildman–Crippen LogP) is 1.95. The number of ether oxygens (including phenoxy) is 2. The first-order valence-corrected chi connectivity index (χ1v) is 11.6. The van der Waals surface area contributed by atoms with Crippen molar-refractivity contribution in [2.75, 3.05) is 13.2 Å². The monoisotopic (exact) mass is 375 g/mol. The van der Waals surface area contributed by atoms with Crippen LogP contribution in [0.1, 0.15) is 65.2 Å². The lowest BCUT2D eigenvalue weighted by atomic mass is 9.64. The van der Waals surface area contributed by atoms with Gasteiger partial charge in [0.05, 0.1) is 23.9 Å². The zero-order valence-electron chi connectivity index (χ0n) is 17.0. The van der Waals surface area contributed by atoms with E-state index >= 15 is 0 Å². The minimum Gasteiger partial charge on any atom is -0.372 e. The zero-order valence-corrected chi connectivity index (χ0v) is 17.0. The molecule has 0 bridgehead atoms. The van der Waals surface area contributed by atoms with Gasteiger partial charge in [0.2, 0.25) is 0 Å². The lowest BCUT2D eigenvalue weighted by molar-refractivity contribution is -0.214. The number of fused-ring (bicyclic) bond motifs is 1. The SMILES string of the molecule is CC1NC(CC2CC3CCC3N2)COC12CC(C1CNC(C)C3(CC3)O1)C2. The molecule has 0 radical (unpaired) electrons. The summed E-state index contributed by atoms with van der Waals surface area (Å²) in [5.41, 5.74) is 0.230. The van der Waals surface area contributed by atoms with Gasteiger partial charge in [0, 0.05) is 36.8 Å². The van der Waals surface area contributed by atoms with Crippen LogP contribution in [-0.4, -0.2) is 60.7 Å². The summed E-state index contributed by atoms with van der Waals surface area (Å²) in [6.45, 7) is 6.53. The van der Waals surface area contributed by atoms with E-state index in [4.69, 9.17) is 9.47 Å². The molecule has 152 valence electrons. The normalized spacial score (nSPS) is 55.8. The van der Waals surface area contributed by atoms with Gasteiger partial charge in [-0.2, -0.15) is 0 Å². The molecule has 7 unspecified atom stereocenters. The van der Waals surface area contributed by atoms with E-state index in [-0.39, 0.29) is 11.2 Å². The van der Waals surface area contributed by atoms with Gasteiger partial charge in [0.15, 0.2) is 0 Å². The van der Waals surface area contributed by atoms with Crippen molar-refractivity contribution in [3.63, 3.8) is 0 Å². The van der Waals surface area contributed by atoms with Gasteiger partial charge >= 0.3 is 0 Å². The first-order valence-electron chi connectivity index (χ1n) is 11.6. The molecule has 0 amide bonds. The van der Waals surface area contributed by atoms with E-state index in [0.717, 1.165) is 38.0 Å². The van der Waals surface area contributed by atoms with Gasteiger partial charge in [-0.25, -0.2) is 0 Å². The Hall–Kier alpha value is -0.200. The van der Waals surface area contributed by atoms with E-state index < -0.39 is 0 Å². The molecule has 3 N–H and O–H groups in total. The topological polar surface area (TPSA) is 54.5 Å². The second kappa shape index (κ2) is 6.15. The molecule has 3 saturated heterocycles. The highest BCUT2D eigenvalue weighted by atomic mass is 16.5. The maximum atomic E-state index is 6.56. The lowest BCUT2D eigenvalue weighted by Gasteiger charge is -2.57. The summed E-state index contributed by atoms with van der Waals surface area (Å²) in [5, 5.41) is 11.5. The van der Waals surface area contributed by atoms with Gasteiger partial charge in [-0.3, -0.25) is 0 Å². The van der Waals surface area contributed by atoms with Gasteiger partial charge in [0.25, 0.3) is 0 Å². The van der Waals surface area contributed by atoms with E-state index in [2.05, 4.69) is 29.8 Å². The minimum absolute atomic E-state index is 0.0619. The predicted molar refractivity (Wildman–Crippen MR) is 105 cm³/mol. The van der Waals surface area contributed by atoms with Crippen molar-refractivity contribution >= 4 is 0 Å². The van der Waals surface area contributed by atoms with Crippen molar-refractivity contribution in [3.05, 3.63) is 0 Å². The fraction of sp³-hybridized carbons (Fsp3) is 1.00. The maximum Gasteiger partial charge on any atom is 0.0840 e. The van der Waals surface area contributed by atoms with Crippen molar-refractivity contribution in [3.8, 4) is 0 Å². The first kappa shape index (κ1) is 17.6. The molecule has 7 atom stereocenters. The zero-order chi connectivity index (χ0) is 18.2. The molecule has 2 spiro atoms. The van der Waals surface area contributed by atoms with E-state index in [1.54, 1.807) is 0 Å². The third-order valence-corrected chi connectivity index (χ3v) is 9.15. The molecule has 6 fully saturated rings. The van der Waals surface area contributed by atoms with Crippen LogP contribution in [0, 0.1) is 11.8 Å². The Morgan fingerprint density at radius 1 is 0.926 bits per heavy atom. The fourth-order valence-corrected chi connectivity index (χ4v) is 6.82. The molecule has 6 aliphatic rings. The number of morpholine rings is 2. The summed E-state index contributed by atoms with van der Waals surface area (Å²) in [6.07, 6.45) is 10.7. The highest BCUT2D eigenvalue weighted by Gasteiger charge is 2.59. The summed E-state index contributed by atoms with van der Waals surface area (Å²) >= 11 is 0. The minimum atomic E-state index is 0.0619. The molecule has 3 aliphatic carbocycles. The number of nitrogens with one attached hydrogen (secondary N) is 3. The average molecular weight is 376 g/mol. The Balaban J connectivity index is 1.01. The second-order valence-corrected chi connectivity index (χ2v) is 10.8. The third kappa shape index (κ3) is 2.83. The smallest absolute Gasteiger partial charge is 0.0840 e. The van der Waals surface area contributed by atoms with Gasteiger partial charge in [0.1, 0.15) is 0 Å². The van der Waals surface area contributed by atoms with Crippen LogP contribution >= 0.6 is 0 Å². The van der Waals surface area contributed by atoms with Crippen LogP contribution in [0.4, 0.5) is 0 Å². The molecule has 0 aromatic rings. The second-order valence-electron chi connectivity index (χ2n) is 10.8. The highest BCUT2D eigenvalue weighted by Crippen LogP contribution is 2.52. The highest BCUT2D eigenvalue weighted by molar-refractivity contribution is 5.12. The molecule has 3 aliphatic heterocycles. The Kier molecular flexibility index (Phi) is 4.02. The van der Waals surface area contributed by atoms with Crippen molar-refractivity contribution in [1.82, 2.24) is 16.0 Å². The molecule has 5 heteroatoms. The van der Waals surface area contributed by atoms with Crippen molar-refractivity contribution in [1.29, 1.82) is 0 Å².